The van der Waals surface area contributed by atoms with E-state index in [2.05, 4.69) is 10.4 Å². The first kappa shape index (κ1) is 14.5. The summed E-state index contributed by atoms with van der Waals surface area (Å²) in [6, 6.07) is 6.46. The first-order valence-electron chi connectivity index (χ1n) is 5.97. The van der Waals surface area contributed by atoms with Crippen LogP contribution in [0.15, 0.2) is 41.6 Å². The molecule has 20 heavy (non-hydrogen) atoms. The summed E-state index contributed by atoms with van der Waals surface area (Å²) in [6.07, 6.45) is 3.06. The van der Waals surface area contributed by atoms with Crippen LogP contribution in [0.1, 0.15) is 17.3 Å². The third kappa shape index (κ3) is 3.57. The van der Waals surface area contributed by atoms with Crippen molar-refractivity contribution in [3.8, 4) is 0 Å². The van der Waals surface area contributed by atoms with Crippen molar-refractivity contribution in [3.63, 3.8) is 0 Å². The van der Waals surface area contributed by atoms with Gasteiger partial charge in [0, 0.05) is 17.6 Å². The summed E-state index contributed by atoms with van der Waals surface area (Å²) in [5, 5.41) is 6.62. The lowest BCUT2D eigenvalue weighted by molar-refractivity contribution is 0.102. The first-order chi connectivity index (χ1) is 9.60. The second-order valence-corrected chi connectivity index (χ2v) is 4.95. The Morgan fingerprint density at radius 1 is 1.45 bits per heavy atom. The lowest BCUT2D eigenvalue weighted by atomic mass is 10.3. The third-order valence-corrected chi connectivity index (χ3v) is 3.36. The fraction of sp³-hybridized carbons (Fsp3) is 0.231. The van der Waals surface area contributed by atoms with Crippen molar-refractivity contribution in [3.05, 3.63) is 42.2 Å². The lowest BCUT2D eigenvalue weighted by Gasteiger charge is -2.09. The number of thioether (sulfide) groups is 1. The molecular formula is C13H13F2N3OS. The molecule has 2 aromatic rings. The second kappa shape index (κ2) is 6.51. The van der Waals surface area contributed by atoms with Gasteiger partial charge in [0.05, 0.1) is 17.4 Å². The molecule has 1 aromatic carbocycles. The zero-order chi connectivity index (χ0) is 14.5. The van der Waals surface area contributed by atoms with Crippen LogP contribution in [-0.2, 0) is 6.54 Å². The minimum Gasteiger partial charge on any atom is -0.321 e. The van der Waals surface area contributed by atoms with E-state index in [9.17, 15) is 13.6 Å². The van der Waals surface area contributed by atoms with Crippen molar-refractivity contribution in [2.24, 2.45) is 0 Å². The number of carbonyl (C=O) groups excluding carboxylic acids is 1. The largest absolute Gasteiger partial charge is 0.321 e. The fourth-order valence-corrected chi connectivity index (χ4v) is 2.21. The summed E-state index contributed by atoms with van der Waals surface area (Å²) in [6.45, 7) is 2.56. The minimum absolute atomic E-state index is 0.332. The van der Waals surface area contributed by atoms with Crippen molar-refractivity contribution in [1.29, 1.82) is 0 Å². The Hall–Kier alpha value is -1.89. The average molecular weight is 297 g/mol. The number of hydrogen-bond acceptors (Lipinski definition) is 3. The Balaban J connectivity index is 2.15. The number of carbonyl (C=O) groups is 1. The van der Waals surface area contributed by atoms with Crippen molar-refractivity contribution in [2.45, 2.75) is 24.1 Å². The topological polar surface area (TPSA) is 46.9 Å². The quantitative estimate of drug-likeness (QED) is 0.860. The van der Waals surface area contributed by atoms with Gasteiger partial charge in [-0.25, -0.2) is 0 Å². The van der Waals surface area contributed by atoms with E-state index in [1.807, 2.05) is 6.92 Å². The molecule has 0 unspecified atom stereocenters. The molecule has 0 spiro atoms. The van der Waals surface area contributed by atoms with E-state index in [-0.39, 0.29) is 5.91 Å². The number of para-hydroxylation sites is 1. The zero-order valence-electron chi connectivity index (χ0n) is 10.7. The molecule has 0 aliphatic carbocycles. The van der Waals surface area contributed by atoms with Crippen molar-refractivity contribution in [1.82, 2.24) is 9.78 Å². The number of nitrogens with zero attached hydrogens (tertiary/aromatic N) is 2. The lowest BCUT2D eigenvalue weighted by Crippen LogP contribution is -2.12. The predicted octanol–water partition coefficient (Wildman–Crippen LogP) is 3.47. The van der Waals surface area contributed by atoms with E-state index < -0.39 is 5.76 Å². The number of rotatable bonds is 5. The monoisotopic (exact) mass is 297 g/mol. The number of alkyl halides is 2. The summed E-state index contributed by atoms with van der Waals surface area (Å²) in [5.74, 6) is -2.90. The van der Waals surface area contributed by atoms with Gasteiger partial charge >= 0.3 is 0 Å². The molecule has 0 atom stereocenters. The standard InChI is InChI=1S/C13H13F2N3OS/c1-2-18-8-9(7-16-18)12(19)17-10-5-3-4-6-11(10)20-13(14)15/h3-8,13H,2H2,1H3,(H,17,19). The minimum atomic E-state index is -2.53. The Bertz CT molecular complexity index is 601. The molecule has 0 radical (unpaired) electrons. The zero-order valence-corrected chi connectivity index (χ0v) is 11.5. The van der Waals surface area contributed by atoms with Crippen LogP contribution in [0.3, 0.4) is 0 Å². The van der Waals surface area contributed by atoms with Crippen LogP contribution < -0.4 is 5.32 Å². The van der Waals surface area contributed by atoms with Gasteiger partial charge in [-0.15, -0.1) is 0 Å². The van der Waals surface area contributed by atoms with E-state index >= 15 is 0 Å². The summed E-state index contributed by atoms with van der Waals surface area (Å²) in [7, 11) is 0. The van der Waals surface area contributed by atoms with Gasteiger partial charge in [-0.2, -0.15) is 13.9 Å². The average Bonchev–Trinajstić information content (AvgIpc) is 2.89. The Morgan fingerprint density at radius 3 is 2.85 bits per heavy atom. The highest BCUT2D eigenvalue weighted by molar-refractivity contribution is 7.99. The van der Waals surface area contributed by atoms with E-state index in [1.54, 1.807) is 35.1 Å². The molecule has 1 N–H and O–H groups in total. The molecule has 0 bridgehead atoms. The van der Waals surface area contributed by atoms with Crippen LogP contribution in [0.25, 0.3) is 0 Å². The van der Waals surface area contributed by atoms with Crippen LogP contribution >= 0.6 is 11.8 Å². The van der Waals surface area contributed by atoms with Crippen LogP contribution in [0.4, 0.5) is 14.5 Å². The maximum atomic E-state index is 12.4. The van der Waals surface area contributed by atoms with Gasteiger partial charge in [-0.05, 0) is 19.1 Å². The van der Waals surface area contributed by atoms with Gasteiger partial charge in [0.2, 0.25) is 0 Å². The third-order valence-electron chi connectivity index (χ3n) is 2.57. The molecule has 0 saturated heterocycles. The Labute approximate surface area is 119 Å². The normalized spacial score (nSPS) is 10.8. The first-order valence-corrected chi connectivity index (χ1v) is 6.85. The van der Waals surface area contributed by atoms with Crippen molar-refractivity contribution in [2.75, 3.05) is 5.32 Å². The van der Waals surface area contributed by atoms with Gasteiger partial charge in [0.1, 0.15) is 0 Å². The molecule has 0 aliphatic rings. The number of halogens is 2. The van der Waals surface area contributed by atoms with Gasteiger partial charge in [-0.3, -0.25) is 9.48 Å². The number of anilines is 1. The summed E-state index contributed by atoms with van der Waals surface area (Å²) in [4.78, 5) is 12.4. The van der Waals surface area contributed by atoms with Gasteiger partial charge < -0.3 is 5.32 Å². The van der Waals surface area contributed by atoms with Crippen LogP contribution in [-0.4, -0.2) is 21.4 Å². The fourth-order valence-electron chi connectivity index (χ4n) is 1.62. The summed E-state index contributed by atoms with van der Waals surface area (Å²) >= 11 is 0.403. The van der Waals surface area contributed by atoms with Crippen molar-refractivity contribution < 1.29 is 13.6 Å². The number of amides is 1. The Kier molecular flexibility index (Phi) is 4.73. The highest BCUT2D eigenvalue weighted by Crippen LogP contribution is 2.31. The molecule has 1 heterocycles. The highest BCUT2D eigenvalue weighted by atomic mass is 32.2. The van der Waals surface area contributed by atoms with Gasteiger partial charge in [-0.1, -0.05) is 23.9 Å². The Morgan fingerprint density at radius 2 is 2.20 bits per heavy atom. The second-order valence-electron chi connectivity index (χ2n) is 3.91. The summed E-state index contributed by atoms with van der Waals surface area (Å²) < 4.78 is 26.5. The molecule has 4 nitrogen and oxygen atoms in total. The van der Waals surface area contributed by atoms with Crippen LogP contribution in [0.2, 0.25) is 0 Å². The predicted molar refractivity (Wildman–Crippen MR) is 74.2 cm³/mol. The van der Waals surface area contributed by atoms with Gasteiger partial charge in [0.25, 0.3) is 11.7 Å². The molecule has 0 aliphatic heterocycles. The molecule has 0 saturated carbocycles. The maximum absolute atomic E-state index is 12.4. The number of benzene rings is 1. The highest BCUT2D eigenvalue weighted by Gasteiger charge is 2.13. The number of hydrogen-bond donors (Lipinski definition) is 1. The maximum Gasteiger partial charge on any atom is 0.288 e. The van der Waals surface area contributed by atoms with Crippen LogP contribution in [0, 0.1) is 0 Å². The molecule has 0 fully saturated rings. The number of nitrogens with one attached hydrogen (secondary N) is 1. The van der Waals surface area contributed by atoms with E-state index in [1.165, 1.54) is 6.20 Å². The van der Waals surface area contributed by atoms with Crippen LogP contribution in [0.5, 0.6) is 0 Å². The molecule has 106 valence electrons. The SMILES string of the molecule is CCn1cc(C(=O)Nc2ccccc2SC(F)F)cn1. The number of aromatic nitrogens is 2. The van der Waals surface area contributed by atoms with Gasteiger partial charge in [0.15, 0.2) is 0 Å². The molecule has 1 amide bonds. The molecule has 2 rings (SSSR count). The molecular weight excluding hydrogens is 284 g/mol. The van der Waals surface area contributed by atoms with E-state index in [4.69, 9.17) is 0 Å². The number of aryl methyl sites for hydroxylation is 1. The molecule has 7 heteroatoms. The molecule has 1 aromatic heterocycles. The van der Waals surface area contributed by atoms with Crippen molar-refractivity contribution >= 4 is 23.4 Å². The smallest absolute Gasteiger partial charge is 0.288 e. The summed E-state index contributed by atoms with van der Waals surface area (Å²) in [5.41, 5.74) is 0.760. The van der Waals surface area contributed by atoms with E-state index in [0.717, 1.165) is 0 Å². The van der Waals surface area contributed by atoms with E-state index in [0.29, 0.717) is 34.5 Å².